The molecule has 3 amide bonds. The second kappa shape index (κ2) is 16.0. The van der Waals surface area contributed by atoms with Crippen LogP contribution in [0.25, 0.3) is 0 Å². The number of ketones is 1. The molecule has 1 aliphatic heterocycles. The van der Waals surface area contributed by atoms with Crippen LogP contribution in [-0.4, -0.2) is 75.7 Å². The Morgan fingerprint density at radius 2 is 1.68 bits per heavy atom. The highest BCUT2D eigenvalue weighted by Gasteiger charge is 2.38. The molecule has 2 fully saturated rings. The van der Waals surface area contributed by atoms with Crippen LogP contribution in [-0.2, 0) is 28.7 Å². The number of carbonyl (C=O) groups excluding carboxylic acids is 4. The SMILES string of the molecule is COCCC(=O)NC(C)C(=O)NCC(=O)NC(CC1CCCC1)C(=O)C1CO1.COc1ccc(C)cc1. The van der Waals surface area contributed by atoms with Crippen molar-refractivity contribution in [2.75, 3.05) is 34.0 Å². The van der Waals surface area contributed by atoms with Crippen molar-refractivity contribution < 1.29 is 33.4 Å². The summed E-state index contributed by atoms with van der Waals surface area (Å²) < 4.78 is 14.8. The van der Waals surface area contributed by atoms with Gasteiger partial charge in [-0.2, -0.15) is 0 Å². The van der Waals surface area contributed by atoms with E-state index in [-0.39, 0.29) is 31.3 Å². The average molecular weight is 520 g/mol. The fourth-order valence-electron chi connectivity index (χ4n) is 4.08. The number of epoxide rings is 1. The van der Waals surface area contributed by atoms with Gasteiger partial charge in [0, 0.05) is 13.5 Å². The van der Waals surface area contributed by atoms with Crippen molar-refractivity contribution in [2.24, 2.45) is 5.92 Å². The number of rotatable bonds is 13. The number of hydrogen-bond donors (Lipinski definition) is 3. The van der Waals surface area contributed by atoms with Crippen molar-refractivity contribution in [3.63, 3.8) is 0 Å². The van der Waals surface area contributed by atoms with Crippen molar-refractivity contribution in [2.45, 2.75) is 70.6 Å². The van der Waals surface area contributed by atoms with Gasteiger partial charge in [-0.1, -0.05) is 43.4 Å². The lowest BCUT2D eigenvalue weighted by Gasteiger charge is -2.21. The Morgan fingerprint density at radius 1 is 1.03 bits per heavy atom. The summed E-state index contributed by atoms with van der Waals surface area (Å²) in [6.07, 6.45) is 4.81. The molecule has 0 spiro atoms. The van der Waals surface area contributed by atoms with Crippen LogP contribution in [0.5, 0.6) is 5.75 Å². The average Bonchev–Trinajstić information content (AvgIpc) is 3.62. The molecule has 0 radical (unpaired) electrons. The standard InChI is InChI=1S/C19H31N3O6.C8H10O/c1-12(21-16(23)7-8-27-2)19(26)20-10-17(24)22-14(18(25)15-11-28-15)9-13-5-3-4-6-13;1-7-3-5-8(9-2)6-4-7/h12-15H,3-11H2,1-2H3,(H,20,26)(H,21,23)(H,22,24);3-6H,1-2H3. The van der Waals surface area contributed by atoms with E-state index in [1.807, 2.05) is 24.3 Å². The largest absolute Gasteiger partial charge is 0.497 e. The Balaban J connectivity index is 0.000000449. The van der Waals surface area contributed by atoms with Gasteiger partial charge in [-0.15, -0.1) is 0 Å². The molecular formula is C27H41N3O7. The first-order chi connectivity index (χ1) is 17.7. The van der Waals surface area contributed by atoms with Gasteiger partial charge in [0.25, 0.3) is 0 Å². The molecule has 3 rings (SSSR count). The zero-order valence-corrected chi connectivity index (χ0v) is 22.3. The molecule has 1 saturated heterocycles. The smallest absolute Gasteiger partial charge is 0.242 e. The Hall–Kier alpha value is -2.98. The highest BCUT2D eigenvalue weighted by molar-refractivity contribution is 5.95. The van der Waals surface area contributed by atoms with Gasteiger partial charge in [0.1, 0.15) is 17.9 Å². The molecule has 3 N–H and O–H groups in total. The van der Waals surface area contributed by atoms with Crippen molar-refractivity contribution in [1.82, 2.24) is 16.0 Å². The van der Waals surface area contributed by atoms with Gasteiger partial charge in [-0.3, -0.25) is 19.2 Å². The number of carbonyl (C=O) groups is 4. The monoisotopic (exact) mass is 519 g/mol. The second-order valence-corrected chi connectivity index (χ2v) is 9.50. The van der Waals surface area contributed by atoms with E-state index in [4.69, 9.17) is 14.2 Å². The van der Waals surface area contributed by atoms with Crippen LogP contribution >= 0.6 is 0 Å². The lowest BCUT2D eigenvalue weighted by molar-refractivity contribution is -0.131. The number of nitrogens with one attached hydrogen (secondary N) is 3. The van der Waals surface area contributed by atoms with Crippen LogP contribution < -0.4 is 20.7 Å². The maximum Gasteiger partial charge on any atom is 0.242 e. The molecule has 2 aliphatic rings. The predicted octanol–water partition coefficient (Wildman–Crippen LogP) is 1.68. The molecule has 0 aromatic heterocycles. The first-order valence-corrected chi connectivity index (χ1v) is 12.8. The van der Waals surface area contributed by atoms with Gasteiger partial charge in [0.2, 0.25) is 17.7 Å². The Kier molecular flexibility index (Phi) is 13.1. The highest BCUT2D eigenvalue weighted by atomic mass is 16.6. The summed E-state index contributed by atoms with van der Waals surface area (Å²) in [5.74, 6) is 0.0601. The normalized spacial score (nSPS) is 18.0. The van der Waals surface area contributed by atoms with Gasteiger partial charge in [-0.05, 0) is 38.3 Å². The van der Waals surface area contributed by atoms with Crippen LogP contribution in [0, 0.1) is 12.8 Å². The maximum atomic E-state index is 12.4. The van der Waals surface area contributed by atoms with Gasteiger partial charge >= 0.3 is 0 Å². The Labute approximate surface area is 219 Å². The number of benzene rings is 1. The quantitative estimate of drug-likeness (QED) is 0.338. The lowest BCUT2D eigenvalue weighted by atomic mass is 9.94. The number of amides is 3. The molecule has 10 nitrogen and oxygen atoms in total. The first-order valence-electron chi connectivity index (χ1n) is 12.8. The van der Waals surface area contributed by atoms with Crippen molar-refractivity contribution >= 4 is 23.5 Å². The van der Waals surface area contributed by atoms with Gasteiger partial charge < -0.3 is 30.2 Å². The van der Waals surface area contributed by atoms with E-state index in [1.165, 1.54) is 19.6 Å². The van der Waals surface area contributed by atoms with Crippen molar-refractivity contribution in [1.29, 1.82) is 0 Å². The molecule has 1 saturated carbocycles. The van der Waals surface area contributed by atoms with E-state index in [0.29, 0.717) is 18.9 Å². The molecule has 10 heteroatoms. The summed E-state index contributed by atoms with van der Waals surface area (Å²) >= 11 is 0. The van der Waals surface area contributed by atoms with E-state index in [1.54, 1.807) is 7.11 Å². The third kappa shape index (κ3) is 11.7. The minimum atomic E-state index is -0.770. The molecule has 3 atom stereocenters. The maximum absolute atomic E-state index is 12.4. The van der Waals surface area contributed by atoms with Crippen LogP contribution in [0.2, 0.25) is 0 Å². The molecule has 206 valence electrons. The Bertz CT molecular complexity index is 880. The number of Topliss-reactive ketones (excluding diaryl/α,β-unsaturated/α-hetero) is 1. The highest BCUT2D eigenvalue weighted by Crippen LogP contribution is 2.29. The zero-order chi connectivity index (χ0) is 27.2. The van der Waals surface area contributed by atoms with E-state index in [9.17, 15) is 19.2 Å². The molecule has 1 aromatic rings. The number of aryl methyl sites for hydroxylation is 1. The molecule has 0 bridgehead atoms. The zero-order valence-electron chi connectivity index (χ0n) is 22.3. The van der Waals surface area contributed by atoms with Gasteiger partial charge in [0.15, 0.2) is 5.78 Å². The van der Waals surface area contributed by atoms with Crippen molar-refractivity contribution in [3.05, 3.63) is 29.8 Å². The summed E-state index contributed by atoms with van der Waals surface area (Å²) in [4.78, 5) is 48.3. The van der Waals surface area contributed by atoms with Crippen LogP contribution in [0.1, 0.15) is 51.0 Å². The summed E-state index contributed by atoms with van der Waals surface area (Å²) in [5, 5.41) is 7.76. The fourth-order valence-corrected chi connectivity index (χ4v) is 4.08. The molecule has 1 heterocycles. The third-order valence-electron chi connectivity index (χ3n) is 6.36. The molecule has 1 aromatic carbocycles. The molecular weight excluding hydrogens is 478 g/mol. The predicted molar refractivity (Wildman–Crippen MR) is 138 cm³/mol. The Morgan fingerprint density at radius 3 is 2.24 bits per heavy atom. The number of hydrogen-bond acceptors (Lipinski definition) is 7. The molecule has 37 heavy (non-hydrogen) atoms. The van der Waals surface area contributed by atoms with Gasteiger partial charge in [0.05, 0.1) is 32.9 Å². The fraction of sp³-hybridized carbons (Fsp3) is 0.630. The molecule has 3 unspecified atom stereocenters. The minimum absolute atomic E-state index is 0.0923. The summed E-state index contributed by atoms with van der Waals surface area (Å²) in [6.45, 7) is 4.02. The van der Waals surface area contributed by atoms with E-state index >= 15 is 0 Å². The number of ether oxygens (including phenoxy) is 3. The number of methoxy groups -OCH3 is 2. The van der Waals surface area contributed by atoms with E-state index < -0.39 is 30.0 Å². The van der Waals surface area contributed by atoms with Crippen LogP contribution in [0.15, 0.2) is 24.3 Å². The lowest BCUT2D eigenvalue weighted by Crippen LogP contribution is -2.50. The van der Waals surface area contributed by atoms with E-state index in [0.717, 1.165) is 31.4 Å². The summed E-state index contributed by atoms with van der Waals surface area (Å²) in [6, 6.07) is 6.61. The topological polar surface area (TPSA) is 135 Å². The summed E-state index contributed by atoms with van der Waals surface area (Å²) in [5.41, 5.74) is 1.26. The van der Waals surface area contributed by atoms with Gasteiger partial charge in [-0.25, -0.2) is 0 Å². The van der Waals surface area contributed by atoms with Crippen molar-refractivity contribution in [3.8, 4) is 5.75 Å². The second-order valence-electron chi connectivity index (χ2n) is 9.50. The van der Waals surface area contributed by atoms with E-state index in [2.05, 4.69) is 22.9 Å². The summed E-state index contributed by atoms with van der Waals surface area (Å²) in [7, 11) is 3.16. The first kappa shape index (κ1) is 30.2. The third-order valence-corrected chi connectivity index (χ3v) is 6.36. The van der Waals surface area contributed by atoms with Crippen LogP contribution in [0.4, 0.5) is 0 Å². The minimum Gasteiger partial charge on any atom is -0.497 e. The molecule has 1 aliphatic carbocycles. The van der Waals surface area contributed by atoms with Crippen LogP contribution in [0.3, 0.4) is 0 Å².